The summed E-state index contributed by atoms with van der Waals surface area (Å²) in [6, 6.07) is 4.54. The Balaban J connectivity index is 1.92. The van der Waals surface area contributed by atoms with Crippen LogP contribution in [0.5, 0.6) is 0 Å². The van der Waals surface area contributed by atoms with E-state index in [1.54, 1.807) is 0 Å². The summed E-state index contributed by atoms with van der Waals surface area (Å²) in [5.41, 5.74) is 0.745. The summed E-state index contributed by atoms with van der Waals surface area (Å²) in [6.45, 7) is 0.140. The van der Waals surface area contributed by atoms with E-state index in [9.17, 15) is 18.7 Å². The Hall–Kier alpha value is -2.28. The van der Waals surface area contributed by atoms with Gasteiger partial charge in [-0.15, -0.1) is 0 Å². The molecule has 1 amide bonds. The smallest absolute Gasteiger partial charge is 0.272 e. The van der Waals surface area contributed by atoms with Crippen molar-refractivity contribution in [3.05, 3.63) is 53.4 Å². The van der Waals surface area contributed by atoms with E-state index >= 15 is 0 Å². The Morgan fingerprint density at radius 3 is 2.81 bits per heavy atom. The number of hydrogen-bond donors (Lipinski definition) is 2. The minimum Gasteiger partial charge on any atom is -0.391 e. The first kappa shape index (κ1) is 13.7. The number of β-amino-alcohol motifs (C(OH)–C–C–N with tert-alkyl or cyclic N) is 1. The second-order valence-electron chi connectivity index (χ2n) is 5.01. The first-order chi connectivity index (χ1) is 10.1. The normalized spacial score (nSPS) is 21.8. The standard InChI is InChI=1S/C14H13F2N3O2/c15-10-2-1-8(5-11(10)16)13-6-9(20)7-19(13)14(21)12-3-4-17-18-12/h1-5,9,13,20H,6-7H2,(H,17,18). The van der Waals surface area contributed by atoms with Crippen molar-refractivity contribution in [1.29, 1.82) is 0 Å². The van der Waals surface area contributed by atoms with E-state index in [1.807, 2.05) is 0 Å². The first-order valence-corrected chi connectivity index (χ1v) is 6.49. The van der Waals surface area contributed by atoms with Gasteiger partial charge >= 0.3 is 0 Å². The topological polar surface area (TPSA) is 69.2 Å². The highest BCUT2D eigenvalue weighted by Gasteiger charge is 2.36. The Bertz CT molecular complexity index is 660. The van der Waals surface area contributed by atoms with Crippen LogP contribution in [0.1, 0.15) is 28.5 Å². The summed E-state index contributed by atoms with van der Waals surface area (Å²) in [5.74, 6) is -2.25. The molecule has 2 aromatic rings. The molecule has 2 N–H and O–H groups in total. The summed E-state index contributed by atoms with van der Waals surface area (Å²) in [6.07, 6.45) is 1.03. The number of hydrogen-bond acceptors (Lipinski definition) is 3. The lowest BCUT2D eigenvalue weighted by molar-refractivity contribution is 0.0709. The predicted octanol–water partition coefficient (Wildman–Crippen LogP) is 1.64. The molecule has 21 heavy (non-hydrogen) atoms. The fraction of sp³-hybridized carbons (Fsp3) is 0.286. The molecule has 0 aliphatic carbocycles. The van der Waals surface area contributed by atoms with Crippen molar-refractivity contribution in [2.45, 2.75) is 18.6 Å². The number of halogens is 2. The number of carbonyl (C=O) groups excluding carboxylic acids is 1. The molecule has 1 aromatic carbocycles. The van der Waals surface area contributed by atoms with Gasteiger partial charge in [0.1, 0.15) is 5.69 Å². The lowest BCUT2D eigenvalue weighted by Crippen LogP contribution is -2.32. The predicted molar refractivity (Wildman–Crippen MR) is 69.3 cm³/mol. The van der Waals surface area contributed by atoms with Gasteiger partial charge in [0, 0.05) is 12.7 Å². The number of likely N-dealkylation sites (tertiary alicyclic amines) is 1. The molecule has 1 aromatic heterocycles. The molecule has 1 aliphatic heterocycles. The van der Waals surface area contributed by atoms with Gasteiger partial charge in [0.15, 0.2) is 11.6 Å². The van der Waals surface area contributed by atoms with Crippen LogP contribution in [-0.4, -0.2) is 38.8 Å². The van der Waals surface area contributed by atoms with E-state index in [0.717, 1.165) is 12.1 Å². The number of rotatable bonds is 2. The van der Waals surface area contributed by atoms with Crippen LogP contribution in [0.15, 0.2) is 30.5 Å². The first-order valence-electron chi connectivity index (χ1n) is 6.49. The molecule has 2 atom stereocenters. The molecule has 7 heteroatoms. The van der Waals surface area contributed by atoms with Gasteiger partial charge in [0.2, 0.25) is 0 Å². The van der Waals surface area contributed by atoms with Crippen molar-refractivity contribution in [3.8, 4) is 0 Å². The van der Waals surface area contributed by atoms with Crippen molar-refractivity contribution in [3.63, 3.8) is 0 Å². The number of aromatic nitrogens is 2. The molecule has 0 bridgehead atoms. The van der Waals surface area contributed by atoms with E-state index in [4.69, 9.17) is 0 Å². The van der Waals surface area contributed by atoms with Gasteiger partial charge in [-0.1, -0.05) is 6.07 Å². The van der Waals surface area contributed by atoms with E-state index in [2.05, 4.69) is 10.2 Å². The molecule has 1 aliphatic rings. The van der Waals surface area contributed by atoms with Gasteiger partial charge in [0.05, 0.1) is 12.1 Å². The van der Waals surface area contributed by atoms with Crippen molar-refractivity contribution in [2.24, 2.45) is 0 Å². The molecule has 0 spiro atoms. The summed E-state index contributed by atoms with van der Waals surface area (Å²) >= 11 is 0. The van der Waals surface area contributed by atoms with E-state index in [-0.39, 0.29) is 24.6 Å². The second-order valence-corrected chi connectivity index (χ2v) is 5.01. The van der Waals surface area contributed by atoms with E-state index in [1.165, 1.54) is 23.2 Å². The number of carbonyl (C=O) groups is 1. The zero-order chi connectivity index (χ0) is 15.0. The molecule has 110 valence electrons. The van der Waals surface area contributed by atoms with Gasteiger partial charge in [0.25, 0.3) is 5.91 Å². The van der Waals surface area contributed by atoms with Crippen LogP contribution >= 0.6 is 0 Å². The maximum absolute atomic E-state index is 13.4. The molecule has 2 unspecified atom stereocenters. The summed E-state index contributed by atoms with van der Waals surface area (Å²) in [4.78, 5) is 13.8. The van der Waals surface area contributed by atoms with Gasteiger partial charge in [-0.25, -0.2) is 8.78 Å². The number of nitrogens with zero attached hydrogens (tertiary/aromatic N) is 2. The zero-order valence-corrected chi connectivity index (χ0v) is 11.0. The SMILES string of the molecule is O=C(c1ccn[nH]1)N1CC(O)CC1c1ccc(F)c(F)c1. The number of aliphatic hydroxyl groups excluding tert-OH is 1. The van der Waals surface area contributed by atoms with Crippen molar-refractivity contribution >= 4 is 5.91 Å². The van der Waals surface area contributed by atoms with Crippen LogP contribution < -0.4 is 0 Å². The minimum absolute atomic E-state index is 0.140. The van der Waals surface area contributed by atoms with Gasteiger partial charge < -0.3 is 10.0 Å². The van der Waals surface area contributed by atoms with Crippen molar-refractivity contribution in [2.75, 3.05) is 6.54 Å². The van der Waals surface area contributed by atoms with Crippen LogP contribution in [0.4, 0.5) is 8.78 Å². The number of aliphatic hydroxyl groups is 1. The monoisotopic (exact) mass is 293 g/mol. The lowest BCUT2D eigenvalue weighted by atomic mass is 10.0. The number of benzene rings is 1. The number of aromatic amines is 1. The second kappa shape index (κ2) is 5.25. The fourth-order valence-electron chi connectivity index (χ4n) is 2.60. The Kier molecular flexibility index (Phi) is 3.42. The molecular formula is C14H13F2N3O2. The Labute approximate surface area is 119 Å². The number of H-pyrrole nitrogens is 1. The van der Waals surface area contributed by atoms with Crippen LogP contribution in [0.3, 0.4) is 0 Å². The van der Waals surface area contributed by atoms with Crippen LogP contribution in [-0.2, 0) is 0 Å². The third-order valence-corrected chi connectivity index (χ3v) is 3.60. The fourth-order valence-corrected chi connectivity index (χ4v) is 2.60. The molecular weight excluding hydrogens is 280 g/mol. The van der Waals surface area contributed by atoms with Crippen molar-refractivity contribution < 1.29 is 18.7 Å². The van der Waals surface area contributed by atoms with Crippen LogP contribution in [0, 0.1) is 11.6 Å². The minimum atomic E-state index is -0.970. The number of nitrogens with one attached hydrogen (secondary N) is 1. The van der Waals surface area contributed by atoms with E-state index < -0.39 is 23.8 Å². The molecule has 1 fully saturated rings. The highest BCUT2D eigenvalue weighted by Crippen LogP contribution is 2.33. The largest absolute Gasteiger partial charge is 0.391 e. The summed E-state index contributed by atoms with van der Waals surface area (Å²) in [5, 5.41) is 16.1. The molecule has 5 nitrogen and oxygen atoms in total. The Morgan fingerprint density at radius 2 is 2.14 bits per heavy atom. The van der Waals surface area contributed by atoms with Crippen LogP contribution in [0.25, 0.3) is 0 Å². The molecule has 0 radical (unpaired) electrons. The quantitative estimate of drug-likeness (QED) is 0.884. The molecule has 0 saturated carbocycles. The maximum atomic E-state index is 13.4. The van der Waals surface area contributed by atoms with Crippen molar-refractivity contribution in [1.82, 2.24) is 15.1 Å². The lowest BCUT2D eigenvalue weighted by Gasteiger charge is -2.24. The summed E-state index contributed by atoms with van der Waals surface area (Å²) < 4.78 is 26.4. The summed E-state index contributed by atoms with van der Waals surface area (Å²) in [7, 11) is 0. The highest BCUT2D eigenvalue weighted by atomic mass is 19.2. The van der Waals surface area contributed by atoms with Gasteiger partial charge in [-0.2, -0.15) is 5.10 Å². The van der Waals surface area contributed by atoms with Crippen LogP contribution in [0.2, 0.25) is 0 Å². The third kappa shape index (κ3) is 2.52. The molecule has 1 saturated heterocycles. The third-order valence-electron chi connectivity index (χ3n) is 3.60. The average Bonchev–Trinajstić information content (AvgIpc) is 3.10. The average molecular weight is 293 g/mol. The van der Waals surface area contributed by atoms with E-state index in [0.29, 0.717) is 5.56 Å². The van der Waals surface area contributed by atoms with Gasteiger partial charge in [-0.3, -0.25) is 9.89 Å². The molecule has 2 heterocycles. The highest BCUT2D eigenvalue weighted by molar-refractivity contribution is 5.92. The molecule has 3 rings (SSSR count). The maximum Gasteiger partial charge on any atom is 0.272 e. The number of amides is 1. The Morgan fingerprint density at radius 1 is 1.33 bits per heavy atom. The van der Waals surface area contributed by atoms with Gasteiger partial charge in [-0.05, 0) is 30.2 Å². The zero-order valence-electron chi connectivity index (χ0n) is 11.0.